The van der Waals surface area contributed by atoms with Gasteiger partial charge in [0, 0.05) is 18.6 Å². The maximum atomic E-state index is 3.63. The molecule has 4 unspecified atom stereocenters. The van der Waals surface area contributed by atoms with Crippen molar-refractivity contribution in [2.75, 3.05) is 20.1 Å². The first-order valence-electron chi connectivity index (χ1n) is 9.30. The molecule has 2 aliphatic carbocycles. The lowest BCUT2D eigenvalue weighted by Gasteiger charge is -2.46. The molecular weight excluding hydrogens is 244 g/mol. The first-order chi connectivity index (χ1) is 9.88. The van der Waals surface area contributed by atoms with Gasteiger partial charge >= 0.3 is 0 Å². The van der Waals surface area contributed by atoms with Gasteiger partial charge in [0.25, 0.3) is 0 Å². The Labute approximate surface area is 125 Å². The highest BCUT2D eigenvalue weighted by Crippen LogP contribution is 2.36. The molecule has 0 aromatic carbocycles. The predicted octanol–water partition coefficient (Wildman–Crippen LogP) is 3.81. The quantitative estimate of drug-likeness (QED) is 0.790. The molecule has 0 aromatic rings. The Hall–Kier alpha value is -0.0800. The summed E-state index contributed by atoms with van der Waals surface area (Å²) in [6, 6.07) is 1.72. The van der Waals surface area contributed by atoms with E-state index in [2.05, 4.69) is 17.3 Å². The molecule has 0 aromatic heterocycles. The van der Waals surface area contributed by atoms with Crippen LogP contribution in [-0.4, -0.2) is 37.1 Å². The largest absolute Gasteiger partial charge is 0.317 e. The number of nitrogens with one attached hydrogen (secondary N) is 1. The van der Waals surface area contributed by atoms with Crippen LogP contribution in [-0.2, 0) is 0 Å². The highest BCUT2D eigenvalue weighted by Gasteiger charge is 2.35. The Bertz CT molecular complexity index is 289. The molecule has 0 bridgehead atoms. The van der Waals surface area contributed by atoms with Gasteiger partial charge < -0.3 is 5.32 Å². The molecule has 0 spiro atoms. The van der Waals surface area contributed by atoms with Crippen molar-refractivity contribution in [3.05, 3.63) is 0 Å². The van der Waals surface area contributed by atoms with Gasteiger partial charge in [0.2, 0.25) is 0 Å². The first-order valence-corrected chi connectivity index (χ1v) is 9.30. The summed E-state index contributed by atoms with van der Waals surface area (Å²) in [7, 11) is 2.18. The molecule has 0 radical (unpaired) electrons. The third-order valence-electron chi connectivity index (χ3n) is 6.36. The number of fused-ring (bicyclic) bond motifs is 1. The topological polar surface area (TPSA) is 15.3 Å². The molecule has 1 heterocycles. The second-order valence-electron chi connectivity index (χ2n) is 7.54. The van der Waals surface area contributed by atoms with Crippen LogP contribution in [0, 0.1) is 11.8 Å². The smallest absolute Gasteiger partial charge is 0.0124 e. The molecule has 1 aliphatic heterocycles. The summed E-state index contributed by atoms with van der Waals surface area (Å²) >= 11 is 0. The summed E-state index contributed by atoms with van der Waals surface area (Å²) in [5, 5.41) is 3.63. The predicted molar refractivity (Wildman–Crippen MR) is 86.0 cm³/mol. The van der Waals surface area contributed by atoms with E-state index in [0.717, 1.165) is 23.9 Å². The number of likely N-dealkylation sites (tertiary alicyclic amines) is 1. The van der Waals surface area contributed by atoms with Crippen LogP contribution in [0.5, 0.6) is 0 Å². The Balaban J connectivity index is 1.62. The molecule has 4 atom stereocenters. The van der Waals surface area contributed by atoms with E-state index in [0.29, 0.717) is 0 Å². The maximum absolute atomic E-state index is 3.63. The molecule has 2 saturated carbocycles. The van der Waals surface area contributed by atoms with Gasteiger partial charge in [0.15, 0.2) is 0 Å². The van der Waals surface area contributed by atoms with Gasteiger partial charge in [-0.05, 0) is 64.0 Å². The van der Waals surface area contributed by atoms with Crippen LogP contribution in [0.15, 0.2) is 0 Å². The zero-order valence-corrected chi connectivity index (χ0v) is 13.4. The molecule has 3 aliphatic rings. The normalized spacial score (nSPS) is 40.0. The minimum atomic E-state index is 0.779. The molecule has 20 heavy (non-hydrogen) atoms. The van der Waals surface area contributed by atoms with E-state index in [9.17, 15) is 0 Å². The van der Waals surface area contributed by atoms with Crippen molar-refractivity contribution in [2.45, 2.75) is 82.7 Å². The fourth-order valence-corrected chi connectivity index (χ4v) is 5.24. The van der Waals surface area contributed by atoms with Gasteiger partial charge in [-0.25, -0.2) is 0 Å². The van der Waals surface area contributed by atoms with E-state index in [1.165, 1.54) is 83.7 Å². The van der Waals surface area contributed by atoms with Gasteiger partial charge in [-0.15, -0.1) is 0 Å². The summed E-state index contributed by atoms with van der Waals surface area (Å²) in [4.78, 5) is 2.91. The van der Waals surface area contributed by atoms with Gasteiger partial charge in [-0.3, -0.25) is 4.90 Å². The van der Waals surface area contributed by atoms with Crippen molar-refractivity contribution in [3.8, 4) is 0 Å². The standard InChI is InChI=1S/C18H34N2/c1-19-17-11-4-2-3-9-16(17)14-20-13-7-10-15-8-5-6-12-18(15)20/h15-19H,2-14H2,1H3. The Morgan fingerprint density at radius 2 is 1.60 bits per heavy atom. The third-order valence-corrected chi connectivity index (χ3v) is 6.36. The van der Waals surface area contributed by atoms with Crippen molar-refractivity contribution in [1.82, 2.24) is 10.2 Å². The molecule has 3 rings (SSSR count). The summed E-state index contributed by atoms with van der Waals surface area (Å²) in [5.74, 6) is 1.94. The van der Waals surface area contributed by atoms with E-state index >= 15 is 0 Å². The van der Waals surface area contributed by atoms with E-state index in [4.69, 9.17) is 0 Å². The number of hydrogen-bond donors (Lipinski definition) is 1. The zero-order chi connectivity index (χ0) is 13.8. The number of rotatable bonds is 3. The van der Waals surface area contributed by atoms with Crippen LogP contribution < -0.4 is 5.32 Å². The lowest BCUT2D eigenvalue weighted by Crippen LogP contribution is -2.50. The fraction of sp³-hybridized carbons (Fsp3) is 1.00. The Morgan fingerprint density at radius 3 is 2.50 bits per heavy atom. The Kier molecular flexibility index (Phi) is 5.39. The molecule has 1 saturated heterocycles. The van der Waals surface area contributed by atoms with Crippen molar-refractivity contribution in [3.63, 3.8) is 0 Å². The van der Waals surface area contributed by atoms with Crippen molar-refractivity contribution >= 4 is 0 Å². The molecule has 2 heteroatoms. The lowest BCUT2D eigenvalue weighted by atomic mass is 9.77. The van der Waals surface area contributed by atoms with Crippen LogP contribution in [0.3, 0.4) is 0 Å². The third kappa shape index (κ3) is 3.39. The molecule has 1 N–H and O–H groups in total. The monoisotopic (exact) mass is 278 g/mol. The number of nitrogens with zero attached hydrogens (tertiary/aromatic N) is 1. The van der Waals surface area contributed by atoms with E-state index in [-0.39, 0.29) is 0 Å². The maximum Gasteiger partial charge on any atom is 0.0124 e. The summed E-state index contributed by atoms with van der Waals surface area (Å²) < 4.78 is 0. The van der Waals surface area contributed by atoms with Crippen LogP contribution in [0.25, 0.3) is 0 Å². The highest BCUT2D eigenvalue weighted by molar-refractivity contribution is 4.90. The van der Waals surface area contributed by atoms with Crippen molar-refractivity contribution in [2.24, 2.45) is 11.8 Å². The minimum Gasteiger partial charge on any atom is -0.317 e. The second-order valence-corrected chi connectivity index (χ2v) is 7.54. The summed E-state index contributed by atoms with van der Waals surface area (Å²) in [5.41, 5.74) is 0. The second kappa shape index (κ2) is 7.26. The van der Waals surface area contributed by atoms with Crippen LogP contribution in [0.4, 0.5) is 0 Å². The fourth-order valence-electron chi connectivity index (χ4n) is 5.24. The van der Waals surface area contributed by atoms with Crippen molar-refractivity contribution in [1.29, 1.82) is 0 Å². The number of hydrogen-bond acceptors (Lipinski definition) is 2. The zero-order valence-electron chi connectivity index (χ0n) is 13.4. The SMILES string of the molecule is CNC1CCCCCC1CN1CCCC2CCCCC21. The van der Waals surface area contributed by atoms with Crippen LogP contribution in [0.2, 0.25) is 0 Å². The van der Waals surface area contributed by atoms with E-state index < -0.39 is 0 Å². The molecule has 3 fully saturated rings. The summed E-state index contributed by atoms with van der Waals surface area (Å²) in [6.45, 7) is 2.76. The van der Waals surface area contributed by atoms with Gasteiger partial charge in [-0.1, -0.05) is 32.1 Å². The average Bonchev–Trinajstić information content (AvgIpc) is 2.72. The van der Waals surface area contributed by atoms with Gasteiger partial charge in [0.05, 0.1) is 0 Å². The molecule has 2 nitrogen and oxygen atoms in total. The Morgan fingerprint density at radius 1 is 0.850 bits per heavy atom. The van der Waals surface area contributed by atoms with Crippen molar-refractivity contribution < 1.29 is 0 Å². The average molecular weight is 278 g/mol. The molecule has 116 valence electrons. The van der Waals surface area contributed by atoms with E-state index in [1.807, 2.05) is 0 Å². The van der Waals surface area contributed by atoms with E-state index in [1.54, 1.807) is 0 Å². The van der Waals surface area contributed by atoms with Crippen LogP contribution >= 0.6 is 0 Å². The van der Waals surface area contributed by atoms with Gasteiger partial charge in [0.1, 0.15) is 0 Å². The first kappa shape index (κ1) is 14.8. The number of piperidine rings is 1. The lowest BCUT2D eigenvalue weighted by molar-refractivity contribution is 0.0419. The highest BCUT2D eigenvalue weighted by atomic mass is 15.2. The molecule has 0 amide bonds. The van der Waals surface area contributed by atoms with Gasteiger partial charge in [-0.2, -0.15) is 0 Å². The molecular formula is C18H34N2. The summed E-state index contributed by atoms with van der Waals surface area (Å²) in [6.07, 6.45) is 16.2. The van der Waals surface area contributed by atoms with Crippen LogP contribution in [0.1, 0.15) is 70.6 Å². The minimum absolute atomic E-state index is 0.779.